The van der Waals surface area contributed by atoms with E-state index in [1.165, 1.54) is 0 Å². The molecule has 1 aliphatic rings. The highest BCUT2D eigenvalue weighted by Crippen LogP contribution is 2.25. The van der Waals surface area contributed by atoms with Gasteiger partial charge in [-0.15, -0.1) is 11.6 Å². The molecule has 1 heterocycles. The monoisotopic (exact) mass is 222 g/mol. The number of ether oxygens (including phenoxy) is 1. The quantitative estimate of drug-likeness (QED) is 0.708. The van der Waals surface area contributed by atoms with E-state index in [1.807, 2.05) is 13.8 Å². The van der Waals surface area contributed by atoms with Gasteiger partial charge in [0.1, 0.15) is 6.10 Å². The Bertz CT molecular complexity index is 175. The molecule has 5 atom stereocenters. The number of hydrogen-bond donors (Lipinski definition) is 2. The van der Waals surface area contributed by atoms with Crippen LogP contribution in [0.3, 0.4) is 0 Å². The molecule has 14 heavy (non-hydrogen) atoms. The van der Waals surface area contributed by atoms with Crippen molar-refractivity contribution in [3.63, 3.8) is 0 Å². The van der Waals surface area contributed by atoms with Crippen molar-refractivity contribution < 1.29 is 14.9 Å². The van der Waals surface area contributed by atoms with Gasteiger partial charge in [0, 0.05) is 11.8 Å². The SMILES string of the molecule is CCC1CC(O)C(O)C(CC(C)Cl)O1. The maximum absolute atomic E-state index is 9.67. The van der Waals surface area contributed by atoms with Crippen LogP contribution >= 0.6 is 11.6 Å². The Hall–Kier alpha value is 0.170. The van der Waals surface area contributed by atoms with Crippen LogP contribution < -0.4 is 0 Å². The topological polar surface area (TPSA) is 49.7 Å². The molecule has 0 aromatic rings. The number of aliphatic hydroxyl groups excluding tert-OH is 2. The predicted octanol–water partition coefficient (Wildman–Crippen LogP) is 1.29. The average molecular weight is 223 g/mol. The van der Waals surface area contributed by atoms with Crippen molar-refractivity contribution in [3.8, 4) is 0 Å². The molecule has 0 aromatic heterocycles. The summed E-state index contributed by atoms with van der Waals surface area (Å²) in [6.45, 7) is 3.87. The van der Waals surface area contributed by atoms with Crippen LogP contribution in [0.4, 0.5) is 0 Å². The van der Waals surface area contributed by atoms with E-state index in [4.69, 9.17) is 16.3 Å². The van der Waals surface area contributed by atoms with Crippen LogP contribution in [0.5, 0.6) is 0 Å². The van der Waals surface area contributed by atoms with E-state index < -0.39 is 12.2 Å². The molecule has 1 saturated heterocycles. The van der Waals surface area contributed by atoms with E-state index in [9.17, 15) is 10.2 Å². The molecule has 0 spiro atoms. The molecular weight excluding hydrogens is 204 g/mol. The summed E-state index contributed by atoms with van der Waals surface area (Å²) in [5.41, 5.74) is 0. The molecule has 5 unspecified atom stereocenters. The third-order valence-corrected chi connectivity index (χ3v) is 2.84. The second kappa shape index (κ2) is 5.31. The number of hydrogen-bond acceptors (Lipinski definition) is 3. The lowest BCUT2D eigenvalue weighted by Gasteiger charge is -2.37. The summed E-state index contributed by atoms with van der Waals surface area (Å²) in [5.74, 6) is 0. The van der Waals surface area contributed by atoms with Crippen LogP contribution in [0.1, 0.15) is 33.1 Å². The predicted molar refractivity (Wildman–Crippen MR) is 55.5 cm³/mol. The first-order valence-electron chi connectivity index (χ1n) is 5.20. The fourth-order valence-electron chi connectivity index (χ4n) is 1.82. The summed E-state index contributed by atoms with van der Waals surface area (Å²) in [7, 11) is 0. The first-order chi connectivity index (χ1) is 6.54. The Morgan fingerprint density at radius 1 is 1.50 bits per heavy atom. The zero-order valence-corrected chi connectivity index (χ0v) is 9.44. The number of aliphatic hydroxyl groups is 2. The van der Waals surface area contributed by atoms with Crippen LogP contribution in [-0.2, 0) is 4.74 Å². The highest BCUT2D eigenvalue weighted by atomic mass is 35.5. The maximum atomic E-state index is 9.67. The Morgan fingerprint density at radius 2 is 2.14 bits per heavy atom. The van der Waals surface area contributed by atoms with E-state index in [2.05, 4.69) is 0 Å². The standard InChI is InChI=1S/C10H19ClO3/c1-3-7-5-8(12)10(13)9(14-7)4-6(2)11/h6-10,12-13H,3-5H2,1-2H3. The van der Waals surface area contributed by atoms with Gasteiger partial charge in [-0.3, -0.25) is 0 Å². The first kappa shape index (κ1) is 12.2. The van der Waals surface area contributed by atoms with Crippen LogP contribution in [0, 0.1) is 0 Å². The second-order valence-electron chi connectivity index (χ2n) is 4.01. The van der Waals surface area contributed by atoms with E-state index in [1.54, 1.807) is 0 Å². The Labute approximate surface area is 90.0 Å². The number of rotatable bonds is 3. The summed E-state index contributed by atoms with van der Waals surface area (Å²) < 4.78 is 5.63. The molecule has 0 aromatic carbocycles. The molecule has 1 aliphatic heterocycles. The van der Waals surface area contributed by atoms with Gasteiger partial charge in [0.05, 0.1) is 18.3 Å². The van der Waals surface area contributed by atoms with Gasteiger partial charge in [-0.1, -0.05) is 6.92 Å². The van der Waals surface area contributed by atoms with E-state index in [0.29, 0.717) is 12.8 Å². The van der Waals surface area contributed by atoms with Crippen molar-refractivity contribution in [2.24, 2.45) is 0 Å². The van der Waals surface area contributed by atoms with Crippen LogP contribution in [0.25, 0.3) is 0 Å². The molecule has 0 saturated carbocycles. The minimum atomic E-state index is -0.793. The van der Waals surface area contributed by atoms with Gasteiger partial charge in [-0.05, 0) is 19.8 Å². The largest absolute Gasteiger partial charge is 0.390 e. The van der Waals surface area contributed by atoms with Gasteiger partial charge in [-0.2, -0.15) is 0 Å². The third kappa shape index (κ3) is 3.09. The normalized spacial score (nSPS) is 40.9. The molecule has 0 bridgehead atoms. The fourth-order valence-corrected chi connectivity index (χ4v) is 1.99. The smallest absolute Gasteiger partial charge is 0.106 e. The number of alkyl halides is 1. The molecule has 0 aliphatic carbocycles. The van der Waals surface area contributed by atoms with Crippen LogP contribution in [0.2, 0.25) is 0 Å². The summed E-state index contributed by atoms with van der Waals surface area (Å²) in [4.78, 5) is 0. The maximum Gasteiger partial charge on any atom is 0.106 e. The summed E-state index contributed by atoms with van der Waals surface area (Å²) in [6.07, 6.45) is 0.219. The molecule has 0 radical (unpaired) electrons. The minimum Gasteiger partial charge on any atom is -0.390 e. The Balaban J connectivity index is 2.53. The zero-order valence-electron chi connectivity index (χ0n) is 8.69. The van der Waals surface area contributed by atoms with Crippen molar-refractivity contribution in [2.45, 2.75) is 62.9 Å². The molecule has 2 N–H and O–H groups in total. The Morgan fingerprint density at radius 3 is 2.64 bits per heavy atom. The van der Waals surface area contributed by atoms with Gasteiger partial charge in [-0.25, -0.2) is 0 Å². The lowest BCUT2D eigenvalue weighted by Crippen LogP contribution is -2.48. The minimum absolute atomic E-state index is 0.0440. The summed E-state index contributed by atoms with van der Waals surface area (Å²) in [5, 5.41) is 19.2. The van der Waals surface area contributed by atoms with Gasteiger partial charge >= 0.3 is 0 Å². The molecule has 4 heteroatoms. The van der Waals surface area contributed by atoms with E-state index >= 15 is 0 Å². The molecule has 1 rings (SSSR count). The fraction of sp³-hybridized carbons (Fsp3) is 1.00. The Kier molecular flexibility index (Phi) is 4.64. The molecule has 1 fully saturated rings. The van der Waals surface area contributed by atoms with Gasteiger partial charge in [0.2, 0.25) is 0 Å². The molecule has 0 amide bonds. The van der Waals surface area contributed by atoms with E-state index in [-0.39, 0.29) is 17.6 Å². The summed E-state index contributed by atoms with van der Waals surface area (Å²) >= 11 is 5.84. The van der Waals surface area contributed by atoms with E-state index in [0.717, 1.165) is 6.42 Å². The number of halogens is 1. The van der Waals surface area contributed by atoms with Crippen molar-refractivity contribution in [1.82, 2.24) is 0 Å². The van der Waals surface area contributed by atoms with Crippen LogP contribution in [0.15, 0.2) is 0 Å². The highest BCUT2D eigenvalue weighted by Gasteiger charge is 2.36. The second-order valence-corrected chi connectivity index (χ2v) is 4.76. The van der Waals surface area contributed by atoms with Crippen molar-refractivity contribution in [1.29, 1.82) is 0 Å². The highest BCUT2D eigenvalue weighted by molar-refractivity contribution is 6.20. The first-order valence-corrected chi connectivity index (χ1v) is 5.63. The van der Waals surface area contributed by atoms with Gasteiger partial charge in [0.25, 0.3) is 0 Å². The lowest BCUT2D eigenvalue weighted by molar-refractivity contribution is -0.170. The lowest BCUT2D eigenvalue weighted by atomic mass is 9.94. The van der Waals surface area contributed by atoms with Crippen molar-refractivity contribution in [2.75, 3.05) is 0 Å². The van der Waals surface area contributed by atoms with Crippen molar-refractivity contribution in [3.05, 3.63) is 0 Å². The summed E-state index contributed by atoms with van der Waals surface area (Å²) in [6, 6.07) is 0. The molecule has 3 nitrogen and oxygen atoms in total. The molecular formula is C10H19ClO3. The average Bonchev–Trinajstić information content (AvgIpc) is 2.11. The van der Waals surface area contributed by atoms with Gasteiger partial charge < -0.3 is 14.9 Å². The third-order valence-electron chi connectivity index (χ3n) is 2.66. The van der Waals surface area contributed by atoms with Crippen molar-refractivity contribution >= 4 is 11.6 Å². The zero-order chi connectivity index (χ0) is 10.7. The van der Waals surface area contributed by atoms with Crippen LogP contribution in [-0.4, -0.2) is 40.0 Å². The van der Waals surface area contributed by atoms with Gasteiger partial charge in [0.15, 0.2) is 0 Å². The molecule has 84 valence electrons.